The van der Waals surface area contributed by atoms with Crippen molar-refractivity contribution >= 4 is 89.2 Å². The lowest BCUT2D eigenvalue weighted by molar-refractivity contribution is -0.143. The summed E-state index contributed by atoms with van der Waals surface area (Å²) in [5, 5.41) is 42.4. The number of hydrogen-bond acceptors (Lipinski definition) is 17. The van der Waals surface area contributed by atoms with Gasteiger partial charge >= 0.3 is 17.9 Å². The number of nitrogens with two attached hydrogens (primary N) is 2. The monoisotopic (exact) mass is 858 g/mol. The molecule has 5 amide bonds. The molecule has 0 saturated carbocycles. The number of rotatable bonds is 24. The number of amides is 5. The smallest absolute Gasteiger partial charge is 0.327 e. The molecule has 0 saturated heterocycles. The summed E-state index contributed by atoms with van der Waals surface area (Å²) in [7, 11) is 0. The van der Waals surface area contributed by atoms with Gasteiger partial charge in [-0.15, -0.1) is 0 Å². The second kappa shape index (κ2) is 22.6. The van der Waals surface area contributed by atoms with E-state index >= 15 is 0 Å². The lowest BCUT2D eigenvalue weighted by atomic mass is 10.1. The number of carbonyl (C=O) groups is 9. The Bertz CT molecular complexity index is 2150. The molecule has 26 heteroatoms. The van der Waals surface area contributed by atoms with Crippen LogP contribution >= 0.6 is 12.6 Å². The molecule has 2 aromatic heterocycles. The molecule has 5 atom stereocenters. The predicted octanol–water partition coefficient (Wildman–Crippen LogP) is -3.76. The summed E-state index contributed by atoms with van der Waals surface area (Å²) in [6.07, 6.45) is -0.673. The Kier molecular flexibility index (Phi) is 17.8. The van der Waals surface area contributed by atoms with E-state index in [1.54, 1.807) is 0 Å². The zero-order valence-corrected chi connectivity index (χ0v) is 32.3. The molecule has 3 rings (SSSR count). The van der Waals surface area contributed by atoms with Gasteiger partial charge in [-0.1, -0.05) is 0 Å². The number of nitrogens with zero attached hydrogens (tertiary/aromatic N) is 3. The van der Waals surface area contributed by atoms with Crippen LogP contribution in [-0.2, 0) is 44.9 Å². The predicted molar refractivity (Wildman–Crippen MR) is 210 cm³/mol. The van der Waals surface area contributed by atoms with Gasteiger partial charge in [0, 0.05) is 42.8 Å². The fourth-order valence-corrected chi connectivity index (χ4v) is 5.28. The van der Waals surface area contributed by atoms with Crippen molar-refractivity contribution in [3.63, 3.8) is 0 Å². The standard InChI is InChI=1S/C34H42N12O13S/c35-18(28(51)42-19(9-10-47)29(52)44-22(14-60)33(58)59)13-38-23(48)7-5-20(31(54)55)41-24(49)8-6-21(32(56)57)43-27(50)15-1-3-16(4-2-15)37-11-17-12-39-26-25(40-17)30(53)46-34(36)45-26/h1-4,10,12,18-22,37,60H,5-9,11,13-14,35H2,(H,38,48)(H,41,49)(H,42,51)(H,43,50)(H,44,52)(H,54,55)(H,56,57)(H,58,59)(H3,36,39,45,46,53)/t18-,19-,20?,21-,22?/m0/s1. The number of nitrogens with one attached hydrogen (secondary N) is 7. The molecule has 25 nitrogen and oxygen atoms in total. The number of aliphatic carboxylic acids is 3. The van der Waals surface area contributed by atoms with Crippen molar-refractivity contribution in [2.24, 2.45) is 5.73 Å². The van der Waals surface area contributed by atoms with Gasteiger partial charge < -0.3 is 63.5 Å². The van der Waals surface area contributed by atoms with Gasteiger partial charge in [0.15, 0.2) is 11.2 Å². The number of carboxylic acids is 3. The number of nitrogen functional groups attached to an aromatic ring is 1. The fourth-order valence-electron chi connectivity index (χ4n) is 5.03. The van der Waals surface area contributed by atoms with Gasteiger partial charge in [-0.2, -0.15) is 17.6 Å². The SMILES string of the molecule is Nc1nc2ncc(CNc3ccc(C(=O)N[C@@H](CCC(=O)NC(CCC(=O)NC[C@H](N)C(=O)N[C@@H](CC=O)C(=O)NC(CS)C(=O)O)C(=O)O)C(=O)O)cc3)nc2c(=O)[nH]1. The summed E-state index contributed by atoms with van der Waals surface area (Å²) in [5.74, 6) is -9.20. The maximum Gasteiger partial charge on any atom is 0.327 e. The molecule has 322 valence electrons. The average Bonchev–Trinajstić information content (AvgIpc) is 3.20. The molecule has 0 aliphatic carbocycles. The third-order valence-corrected chi connectivity index (χ3v) is 8.65. The minimum absolute atomic E-state index is 0.00606. The fraction of sp³-hybridized carbons (Fsp3) is 0.382. The first-order valence-corrected chi connectivity index (χ1v) is 18.4. The van der Waals surface area contributed by atoms with Crippen molar-refractivity contribution in [2.75, 3.05) is 23.3 Å². The van der Waals surface area contributed by atoms with Gasteiger partial charge in [-0.3, -0.25) is 33.8 Å². The minimum Gasteiger partial charge on any atom is -0.480 e. The van der Waals surface area contributed by atoms with E-state index in [4.69, 9.17) is 16.6 Å². The average molecular weight is 859 g/mol. The van der Waals surface area contributed by atoms with Crippen LogP contribution in [0.25, 0.3) is 11.2 Å². The topological polar surface area (TPSA) is 410 Å². The van der Waals surface area contributed by atoms with Crippen LogP contribution in [0.5, 0.6) is 0 Å². The van der Waals surface area contributed by atoms with Gasteiger partial charge in [0.25, 0.3) is 11.5 Å². The van der Waals surface area contributed by atoms with Gasteiger partial charge in [-0.05, 0) is 37.1 Å². The Morgan fingerprint density at radius 1 is 0.800 bits per heavy atom. The first-order valence-electron chi connectivity index (χ1n) is 17.7. The van der Waals surface area contributed by atoms with Crippen LogP contribution in [0.1, 0.15) is 48.2 Å². The van der Waals surface area contributed by atoms with E-state index in [2.05, 4.69) is 64.5 Å². The van der Waals surface area contributed by atoms with Gasteiger partial charge in [0.1, 0.15) is 36.5 Å². The minimum atomic E-state index is -1.59. The molecular weight excluding hydrogens is 817 g/mol. The van der Waals surface area contributed by atoms with Crippen LogP contribution in [0.2, 0.25) is 0 Å². The van der Waals surface area contributed by atoms with Crippen molar-refractivity contribution in [3.8, 4) is 0 Å². The molecule has 0 bridgehead atoms. The van der Waals surface area contributed by atoms with Crippen molar-refractivity contribution in [1.29, 1.82) is 0 Å². The van der Waals surface area contributed by atoms with Crippen LogP contribution < -0.4 is 48.9 Å². The second-order valence-corrected chi connectivity index (χ2v) is 13.1. The highest BCUT2D eigenvalue weighted by molar-refractivity contribution is 7.80. The molecule has 0 fully saturated rings. The van der Waals surface area contributed by atoms with Crippen LogP contribution in [0.3, 0.4) is 0 Å². The normalized spacial score (nSPS) is 13.3. The van der Waals surface area contributed by atoms with Crippen molar-refractivity contribution in [2.45, 2.75) is 68.9 Å². The maximum absolute atomic E-state index is 12.8. The summed E-state index contributed by atoms with van der Waals surface area (Å²) in [5.41, 5.74) is 11.8. The first kappa shape index (κ1) is 47.2. The number of aromatic nitrogens is 4. The summed E-state index contributed by atoms with van der Waals surface area (Å²) in [6, 6.07) is -1.62. The number of hydrogen-bond donors (Lipinski definition) is 13. The van der Waals surface area contributed by atoms with Crippen LogP contribution in [0.4, 0.5) is 11.6 Å². The summed E-state index contributed by atoms with van der Waals surface area (Å²) in [4.78, 5) is 135. The van der Waals surface area contributed by atoms with Crippen molar-refractivity contribution in [3.05, 3.63) is 52.1 Å². The number of aldehydes is 1. The van der Waals surface area contributed by atoms with Crippen LogP contribution in [0.15, 0.2) is 35.3 Å². The van der Waals surface area contributed by atoms with E-state index in [1.807, 2.05) is 0 Å². The number of carboxylic acid groups (broad SMARTS) is 3. The van der Waals surface area contributed by atoms with E-state index in [0.717, 1.165) is 0 Å². The third-order valence-electron chi connectivity index (χ3n) is 8.28. The molecule has 0 spiro atoms. The Labute approximate surface area is 343 Å². The molecule has 0 radical (unpaired) electrons. The van der Waals surface area contributed by atoms with E-state index in [0.29, 0.717) is 17.7 Å². The Morgan fingerprint density at radius 3 is 2.00 bits per heavy atom. The van der Waals surface area contributed by atoms with E-state index in [9.17, 15) is 58.2 Å². The summed E-state index contributed by atoms with van der Waals surface area (Å²) < 4.78 is 0. The highest BCUT2D eigenvalue weighted by Crippen LogP contribution is 2.13. The molecule has 0 aliphatic rings. The molecule has 3 aromatic rings. The lowest BCUT2D eigenvalue weighted by Crippen LogP contribution is -2.56. The first-order chi connectivity index (χ1) is 28.4. The second-order valence-electron chi connectivity index (χ2n) is 12.8. The molecule has 2 heterocycles. The molecule has 0 aliphatic heterocycles. The zero-order chi connectivity index (χ0) is 44.5. The molecule has 2 unspecified atom stereocenters. The summed E-state index contributed by atoms with van der Waals surface area (Å²) >= 11 is 3.81. The number of benzene rings is 1. The van der Waals surface area contributed by atoms with Gasteiger partial charge in [0.2, 0.25) is 29.6 Å². The number of aromatic amines is 1. The number of thiol groups is 1. The highest BCUT2D eigenvalue weighted by atomic mass is 32.1. The van der Waals surface area contributed by atoms with Crippen LogP contribution in [0, 0.1) is 0 Å². The maximum atomic E-state index is 12.8. The largest absolute Gasteiger partial charge is 0.480 e. The quantitative estimate of drug-likeness (QED) is 0.0304. The molecule has 14 N–H and O–H groups in total. The number of carbonyl (C=O) groups excluding carboxylic acids is 6. The van der Waals surface area contributed by atoms with E-state index in [1.165, 1.54) is 30.5 Å². The Morgan fingerprint density at radius 2 is 1.40 bits per heavy atom. The Balaban J connectivity index is 1.44. The zero-order valence-electron chi connectivity index (χ0n) is 31.4. The van der Waals surface area contributed by atoms with Crippen molar-refractivity contribution in [1.82, 2.24) is 46.5 Å². The number of fused-ring (bicyclic) bond motifs is 1. The summed E-state index contributed by atoms with van der Waals surface area (Å²) in [6.45, 7) is -0.359. The van der Waals surface area contributed by atoms with Gasteiger partial charge in [0.05, 0.1) is 18.4 Å². The van der Waals surface area contributed by atoms with Crippen LogP contribution in [-0.4, -0.2) is 131 Å². The molecular formula is C34H42N12O13S. The van der Waals surface area contributed by atoms with Crippen molar-refractivity contribution < 1.29 is 58.5 Å². The molecule has 1 aromatic carbocycles. The Hall–Kier alpha value is -7.22. The highest BCUT2D eigenvalue weighted by Gasteiger charge is 2.28. The third kappa shape index (κ3) is 14.6. The van der Waals surface area contributed by atoms with Gasteiger partial charge in [-0.25, -0.2) is 24.4 Å². The lowest BCUT2D eigenvalue weighted by Gasteiger charge is -2.21. The van der Waals surface area contributed by atoms with E-state index < -0.39 is 122 Å². The number of H-pyrrole nitrogens is 1. The van der Waals surface area contributed by atoms with E-state index in [-0.39, 0.29) is 35.0 Å². The number of anilines is 2. The molecule has 60 heavy (non-hydrogen) atoms.